The first kappa shape index (κ1) is 18.9. The third kappa shape index (κ3) is 4.21. The number of halogens is 4. The number of alkyl halides is 3. The molecular weight excluding hydrogens is 459 g/mol. The van der Waals surface area contributed by atoms with E-state index in [1.165, 1.54) is 18.2 Å². The fraction of sp³-hybridized carbons (Fsp3) is 0.0588. The summed E-state index contributed by atoms with van der Waals surface area (Å²) in [4.78, 5) is 12.5. The lowest BCUT2D eigenvalue weighted by molar-refractivity contribution is -0.274. The van der Waals surface area contributed by atoms with Gasteiger partial charge < -0.3 is 14.5 Å². The molecule has 2 heterocycles. The Bertz CT molecular complexity index is 1190. The summed E-state index contributed by atoms with van der Waals surface area (Å²) in [5, 5.41) is 16.8. The number of furan rings is 1. The van der Waals surface area contributed by atoms with E-state index in [1.807, 2.05) is 0 Å². The Morgan fingerprint density at radius 1 is 1.17 bits per heavy atom. The van der Waals surface area contributed by atoms with Crippen LogP contribution in [0.3, 0.4) is 0 Å². The zero-order valence-corrected chi connectivity index (χ0v) is 15.7. The van der Waals surface area contributed by atoms with Crippen molar-refractivity contribution in [2.75, 3.05) is 5.32 Å². The maximum Gasteiger partial charge on any atom is 0.573 e. The standard InChI is InChI=1S/C17H9BrF3N5O3/c18-11-7-10(3-4-12(11)29-17(19,20)21)22-16(27)9-2-1-8-5-14(28-13(8)6-9)15-23-25-26-24-15/h1-7H,(H,22,27)(H,23,24,25,26). The highest BCUT2D eigenvalue weighted by molar-refractivity contribution is 9.10. The van der Waals surface area contributed by atoms with Gasteiger partial charge in [-0.2, -0.15) is 5.21 Å². The van der Waals surface area contributed by atoms with Crippen LogP contribution in [0.4, 0.5) is 18.9 Å². The monoisotopic (exact) mass is 467 g/mol. The maximum absolute atomic E-state index is 12.5. The molecule has 0 saturated carbocycles. The number of aromatic amines is 1. The fourth-order valence-electron chi connectivity index (χ4n) is 2.54. The number of anilines is 1. The van der Waals surface area contributed by atoms with Gasteiger partial charge in [-0.15, -0.1) is 23.4 Å². The van der Waals surface area contributed by atoms with Gasteiger partial charge in [0, 0.05) is 16.6 Å². The number of nitrogens with one attached hydrogen (secondary N) is 2. The number of benzene rings is 2. The molecule has 148 valence electrons. The van der Waals surface area contributed by atoms with E-state index in [0.717, 1.165) is 11.5 Å². The van der Waals surface area contributed by atoms with Gasteiger partial charge in [0.1, 0.15) is 11.3 Å². The number of hydrogen-bond acceptors (Lipinski definition) is 6. The zero-order valence-electron chi connectivity index (χ0n) is 14.1. The maximum atomic E-state index is 12.5. The molecular formula is C17H9BrF3N5O3. The molecule has 0 aliphatic rings. The second-order valence-corrected chi connectivity index (χ2v) is 6.60. The van der Waals surface area contributed by atoms with Gasteiger partial charge in [-0.1, -0.05) is 6.07 Å². The molecule has 2 N–H and O–H groups in total. The van der Waals surface area contributed by atoms with Crippen molar-refractivity contribution < 1.29 is 27.1 Å². The number of ether oxygens (including phenoxy) is 1. The summed E-state index contributed by atoms with van der Waals surface area (Å²) in [5.41, 5.74) is 1.01. The average Bonchev–Trinajstić information content (AvgIpc) is 3.31. The van der Waals surface area contributed by atoms with E-state index in [2.05, 4.69) is 46.6 Å². The molecule has 2 aromatic heterocycles. The number of aromatic nitrogens is 4. The zero-order chi connectivity index (χ0) is 20.6. The van der Waals surface area contributed by atoms with Crippen LogP contribution in [0.5, 0.6) is 5.75 Å². The van der Waals surface area contributed by atoms with Crippen molar-refractivity contribution in [1.29, 1.82) is 0 Å². The number of nitrogens with zero attached hydrogens (tertiary/aromatic N) is 3. The van der Waals surface area contributed by atoms with Gasteiger partial charge in [0.05, 0.1) is 4.47 Å². The molecule has 0 spiro atoms. The molecule has 29 heavy (non-hydrogen) atoms. The minimum atomic E-state index is -4.81. The Morgan fingerprint density at radius 3 is 2.69 bits per heavy atom. The van der Waals surface area contributed by atoms with Crippen LogP contribution in [0, 0.1) is 0 Å². The lowest BCUT2D eigenvalue weighted by atomic mass is 10.1. The number of hydrogen-bond donors (Lipinski definition) is 2. The second kappa shape index (κ2) is 7.20. The molecule has 12 heteroatoms. The van der Waals surface area contributed by atoms with Crippen molar-refractivity contribution in [2.24, 2.45) is 0 Å². The Morgan fingerprint density at radius 2 is 2.00 bits per heavy atom. The quantitative estimate of drug-likeness (QED) is 0.456. The molecule has 8 nitrogen and oxygen atoms in total. The lowest BCUT2D eigenvalue weighted by Crippen LogP contribution is -2.17. The minimum Gasteiger partial charge on any atom is -0.453 e. The molecule has 2 aromatic carbocycles. The number of carbonyl (C=O) groups is 1. The molecule has 0 aliphatic heterocycles. The molecule has 4 rings (SSSR count). The number of amides is 1. The molecule has 1 amide bonds. The normalized spacial score (nSPS) is 11.6. The largest absolute Gasteiger partial charge is 0.573 e. The second-order valence-electron chi connectivity index (χ2n) is 5.75. The SMILES string of the molecule is O=C(Nc1ccc(OC(F)(F)F)c(Br)c1)c1ccc2cc(-c3nn[nH]n3)oc2c1. The molecule has 0 bridgehead atoms. The van der Waals surface area contributed by atoms with E-state index in [0.29, 0.717) is 16.9 Å². The van der Waals surface area contributed by atoms with E-state index in [9.17, 15) is 18.0 Å². The van der Waals surface area contributed by atoms with Crippen LogP contribution in [-0.4, -0.2) is 32.9 Å². The van der Waals surface area contributed by atoms with Gasteiger partial charge in [-0.3, -0.25) is 4.79 Å². The summed E-state index contributed by atoms with van der Waals surface area (Å²) < 4.78 is 46.6. The van der Waals surface area contributed by atoms with Crippen molar-refractivity contribution in [3.8, 4) is 17.3 Å². The van der Waals surface area contributed by atoms with Gasteiger partial charge in [0.2, 0.25) is 5.82 Å². The summed E-state index contributed by atoms with van der Waals surface area (Å²) in [6.45, 7) is 0. The van der Waals surface area contributed by atoms with Crippen molar-refractivity contribution in [2.45, 2.75) is 6.36 Å². The molecule has 0 radical (unpaired) electrons. The smallest absolute Gasteiger partial charge is 0.453 e. The van der Waals surface area contributed by atoms with Gasteiger partial charge in [-0.25, -0.2) is 0 Å². The van der Waals surface area contributed by atoms with Gasteiger partial charge in [-0.05, 0) is 57.5 Å². The average molecular weight is 468 g/mol. The van der Waals surface area contributed by atoms with E-state index < -0.39 is 18.0 Å². The van der Waals surface area contributed by atoms with E-state index in [1.54, 1.807) is 18.2 Å². The van der Waals surface area contributed by atoms with Gasteiger partial charge in [0.15, 0.2) is 5.76 Å². The highest BCUT2D eigenvalue weighted by Crippen LogP contribution is 2.33. The van der Waals surface area contributed by atoms with Crippen molar-refractivity contribution in [3.05, 3.63) is 52.5 Å². The number of fused-ring (bicyclic) bond motifs is 1. The third-order valence-corrected chi connectivity index (χ3v) is 4.38. The molecule has 4 aromatic rings. The summed E-state index contributed by atoms with van der Waals surface area (Å²) >= 11 is 2.99. The van der Waals surface area contributed by atoms with Crippen molar-refractivity contribution in [1.82, 2.24) is 20.6 Å². The first-order valence-corrected chi connectivity index (χ1v) is 8.72. The summed E-state index contributed by atoms with van der Waals surface area (Å²) in [6, 6.07) is 10.2. The number of rotatable bonds is 4. The van der Waals surface area contributed by atoms with Crippen LogP contribution in [0.15, 0.2) is 51.4 Å². The highest BCUT2D eigenvalue weighted by atomic mass is 79.9. The Kier molecular flexibility index (Phi) is 4.70. The van der Waals surface area contributed by atoms with E-state index in [-0.39, 0.29) is 16.0 Å². The molecule has 0 aliphatic carbocycles. The van der Waals surface area contributed by atoms with Crippen LogP contribution in [0.2, 0.25) is 0 Å². The lowest BCUT2D eigenvalue weighted by Gasteiger charge is -2.12. The molecule has 0 unspecified atom stereocenters. The fourth-order valence-corrected chi connectivity index (χ4v) is 3.00. The topological polar surface area (TPSA) is 106 Å². The number of H-pyrrole nitrogens is 1. The summed E-state index contributed by atoms with van der Waals surface area (Å²) in [5.74, 6) is -0.226. The number of tetrazole rings is 1. The third-order valence-electron chi connectivity index (χ3n) is 3.76. The molecule has 0 saturated heterocycles. The molecule has 0 atom stereocenters. The minimum absolute atomic E-state index is 0.0406. The highest BCUT2D eigenvalue weighted by Gasteiger charge is 2.32. The predicted molar refractivity (Wildman–Crippen MR) is 98.2 cm³/mol. The van der Waals surface area contributed by atoms with Crippen LogP contribution < -0.4 is 10.1 Å². The number of carbonyl (C=O) groups excluding carboxylic acids is 1. The first-order valence-electron chi connectivity index (χ1n) is 7.92. The summed E-state index contributed by atoms with van der Waals surface area (Å²) in [6.07, 6.45) is -4.81. The van der Waals surface area contributed by atoms with Gasteiger partial charge in [0.25, 0.3) is 5.91 Å². The van der Waals surface area contributed by atoms with Crippen molar-refractivity contribution >= 4 is 38.5 Å². The predicted octanol–water partition coefficient (Wildman–Crippen LogP) is 4.53. The molecule has 0 fully saturated rings. The Hall–Kier alpha value is -3.41. The van der Waals surface area contributed by atoms with Crippen LogP contribution >= 0.6 is 15.9 Å². The van der Waals surface area contributed by atoms with Crippen molar-refractivity contribution in [3.63, 3.8) is 0 Å². The van der Waals surface area contributed by atoms with Gasteiger partial charge >= 0.3 is 6.36 Å². The van der Waals surface area contributed by atoms with Crippen LogP contribution in [-0.2, 0) is 0 Å². The Labute approximate surface area is 168 Å². The van der Waals surface area contributed by atoms with Crippen LogP contribution in [0.25, 0.3) is 22.6 Å². The first-order chi connectivity index (χ1) is 13.8. The van der Waals surface area contributed by atoms with Crippen LogP contribution in [0.1, 0.15) is 10.4 Å². The van der Waals surface area contributed by atoms with E-state index >= 15 is 0 Å². The summed E-state index contributed by atoms with van der Waals surface area (Å²) in [7, 11) is 0. The van der Waals surface area contributed by atoms with E-state index in [4.69, 9.17) is 4.42 Å². The Balaban J connectivity index is 1.53.